The second-order valence-electron chi connectivity index (χ2n) is 6.27. The van der Waals surface area contributed by atoms with Crippen LogP contribution >= 0.6 is 12.4 Å². The Labute approximate surface area is 164 Å². The lowest BCUT2D eigenvalue weighted by molar-refractivity contribution is 0.0956. The molecule has 0 aliphatic heterocycles. The molecule has 0 atom stereocenters. The van der Waals surface area contributed by atoms with Crippen molar-refractivity contribution in [1.82, 2.24) is 15.3 Å². The Kier molecular flexibility index (Phi) is 7.82. The van der Waals surface area contributed by atoms with E-state index >= 15 is 0 Å². The van der Waals surface area contributed by atoms with Crippen molar-refractivity contribution in [3.8, 4) is 5.88 Å². The van der Waals surface area contributed by atoms with E-state index in [1.54, 1.807) is 24.5 Å². The van der Waals surface area contributed by atoms with E-state index in [0.717, 1.165) is 38.0 Å². The minimum Gasteiger partial charge on any atom is -0.476 e. The standard InChI is InChI=1S/C19H24N4O3.ClH/c1-2-8-20-9-10-26-17-7-6-13(11-22-17)23-19(25)14-12-21-15-4-3-5-16(24)18(14)15;/h6-7,11-12,20-21H,2-5,8-10H2,1H3,(H,23,25);1H. The molecule has 1 amide bonds. The van der Waals surface area contributed by atoms with Crippen molar-refractivity contribution in [3.63, 3.8) is 0 Å². The van der Waals surface area contributed by atoms with Crippen LogP contribution in [0.5, 0.6) is 5.88 Å². The van der Waals surface area contributed by atoms with E-state index in [2.05, 4.69) is 27.5 Å². The Balaban J connectivity index is 0.00000261. The van der Waals surface area contributed by atoms with Gasteiger partial charge in [0.2, 0.25) is 5.88 Å². The summed E-state index contributed by atoms with van der Waals surface area (Å²) in [5.74, 6) is 0.226. The number of pyridine rings is 1. The molecular formula is C19H25ClN4O3. The fourth-order valence-electron chi connectivity index (χ4n) is 2.98. The third-order valence-corrected chi connectivity index (χ3v) is 4.27. The number of Topliss-reactive ketones (excluding diaryl/α,β-unsaturated/α-hetero) is 1. The first-order valence-corrected chi connectivity index (χ1v) is 9.03. The zero-order chi connectivity index (χ0) is 18.4. The van der Waals surface area contributed by atoms with E-state index in [1.165, 1.54) is 0 Å². The number of fused-ring (bicyclic) bond motifs is 1. The summed E-state index contributed by atoms with van der Waals surface area (Å²) >= 11 is 0. The number of ether oxygens (including phenoxy) is 1. The van der Waals surface area contributed by atoms with Gasteiger partial charge in [-0.05, 0) is 31.9 Å². The topological polar surface area (TPSA) is 96.1 Å². The lowest BCUT2D eigenvalue weighted by Gasteiger charge is -2.12. The van der Waals surface area contributed by atoms with Gasteiger partial charge < -0.3 is 20.4 Å². The van der Waals surface area contributed by atoms with Gasteiger partial charge in [0.1, 0.15) is 6.61 Å². The molecule has 1 aliphatic carbocycles. The van der Waals surface area contributed by atoms with Gasteiger partial charge in [0.05, 0.1) is 23.0 Å². The van der Waals surface area contributed by atoms with Crippen molar-refractivity contribution in [2.45, 2.75) is 32.6 Å². The highest BCUT2D eigenvalue weighted by Crippen LogP contribution is 2.24. The molecule has 0 unspecified atom stereocenters. The lowest BCUT2D eigenvalue weighted by Crippen LogP contribution is -2.21. The fourth-order valence-corrected chi connectivity index (χ4v) is 2.98. The predicted molar refractivity (Wildman–Crippen MR) is 106 cm³/mol. The molecule has 0 fully saturated rings. The van der Waals surface area contributed by atoms with Crippen molar-refractivity contribution < 1.29 is 14.3 Å². The minimum atomic E-state index is -0.308. The molecule has 0 saturated heterocycles. The van der Waals surface area contributed by atoms with Crippen LogP contribution in [0.15, 0.2) is 24.5 Å². The molecule has 0 bridgehead atoms. The number of H-pyrrole nitrogens is 1. The van der Waals surface area contributed by atoms with Gasteiger partial charge in [-0.1, -0.05) is 6.92 Å². The average molecular weight is 393 g/mol. The molecule has 8 heteroatoms. The van der Waals surface area contributed by atoms with Gasteiger partial charge in [-0.2, -0.15) is 0 Å². The predicted octanol–water partition coefficient (Wildman–Crippen LogP) is 2.98. The number of nitrogens with one attached hydrogen (secondary N) is 3. The molecule has 27 heavy (non-hydrogen) atoms. The molecular weight excluding hydrogens is 368 g/mol. The molecule has 3 N–H and O–H groups in total. The zero-order valence-corrected chi connectivity index (χ0v) is 16.2. The summed E-state index contributed by atoms with van der Waals surface area (Å²) in [4.78, 5) is 31.8. The van der Waals surface area contributed by atoms with E-state index in [1.807, 2.05) is 0 Å². The Morgan fingerprint density at radius 2 is 2.15 bits per heavy atom. The van der Waals surface area contributed by atoms with E-state index in [-0.39, 0.29) is 24.1 Å². The Bertz CT molecular complexity index is 774. The molecule has 0 radical (unpaired) electrons. The van der Waals surface area contributed by atoms with Crippen LogP contribution in [0.25, 0.3) is 0 Å². The number of aryl methyl sites for hydroxylation is 1. The number of halogens is 1. The lowest BCUT2D eigenvalue weighted by atomic mass is 9.93. The maximum Gasteiger partial charge on any atom is 0.257 e. The second kappa shape index (κ2) is 10.1. The Hall–Kier alpha value is -2.38. The summed E-state index contributed by atoms with van der Waals surface area (Å²) in [6.45, 7) is 4.38. The number of hydrogen-bond donors (Lipinski definition) is 3. The molecule has 146 valence electrons. The maximum absolute atomic E-state index is 12.5. The van der Waals surface area contributed by atoms with Crippen LogP contribution in [0.4, 0.5) is 5.69 Å². The average Bonchev–Trinajstić information content (AvgIpc) is 3.09. The molecule has 3 rings (SSSR count). The van der Waals surface area contributed by atoms with Gasteiger partial charge in [0, 0.05) is 30.9 Å². The largest absolute Gasteiger partial charge is 0.476 e. The summed E-state index contributed by atoms with van der Waals surface area (Å²) < 4.78 is 5.54. The van der Waals surface area contributed by atoms with Crippen molar-refractivity contribution in [2.75, 3.05) is 25.0 Å². The van der Waals surface area contributed by atoms with Gasteiger partial charge in [0.15, 0.2) is 5.78 Å². The first kappa shape index (κ1) is 20.9. The summed E-state index contributed by atoms with van der Waals surface area (Å²) in [5, 5.41) is 6.03. The number of nitrogens with zero attached hydrogens (tertiary/aromatic N) is 1. The van der Waals surface area contributed by atoms with Crippen LogP contribution in [0.1, 0.15) is 52.6 Å². The second-order valence-corrected chi connectivity index (χ2v) is 6.27. The number of anilines is 1. The molecule has 1 aliphatic rings. The number of aromatic nitrogens is 2. The van der Waals surface area contributed by atoms with Crippen LogP contribution in [0, 0.1) is 0 Å². The third-order valence-electron chi connectivity index (χ3n) is 4.27. The Morgan fingerprint density at radius 1 is 1.30 bits per heavy atom. The van der Waals surface area contributed by atoms with Crippen LogP contribution < -0.4 is 15.4 Å². The molecule has 2 heterocycles. The van der Waals surface area contributed by atoms with Crippen molar-refractivity contribution in [1.29, 1.82) is 0 Å². The molecule has 7 nitrogen and oxygen atoms in total. The Morgan fingerprint density at radius 3 is 2.89 bits per heavy atom. The van der Waals surface area contributed by atoms with Gasteiger partial charge in [0.25, 0.3) is 5.91 Å². The normalized spacial score (nSPS) is 12.9. The molecule has 2 aromatic heterocycles. The maximum atomic E-state index is 12.5. The molecule has 2 aromatic rings. The van der Waals surface area contributed by atoms with Gasteiger partial charge in [-0.15, -0.1) is 12.4 Å². The number of rotatable bonds is 8. The van der Waals surface area contributed by atoms with Crippen LogP contribution in [-0.2, 0) is 6.42 Å². The van der Waals surface area contributed by atoms with Crippen LogP contribution in [0.2, 0.25) is 0 Å². The van der Waals surface area contributed by atoms with Crippen molar-refractivity contribution >= 4 is 29.8 Å². The first-order valence-electron chi connectivity index (χ1n) is 9.03. The minimum absolute atomic E-state index is 0. The summed E-state index contributed by atoms with van der Waals surface area (Å²) in [6, 6.07) is 3.45. The van der Waals surface area contributed by atoms with Gasteiger partial charge >= 0.3 is 0 Å². The number of amides is 1. The summed E-state index contributed by atoms with van der Waals surface area (Å²) in [6.07, 6.45) is 6.36. The van der Waals surface area contributed by atoms with Gasteiger partial charge in [-0.25, -0.2) is 4.98 Å². The highest BCUT2D eigenvalue weighted by molar-refractivity contribution is 6.13. The SMILES string of the molecule is CCCNCCOc1ccc(NC(=O)c2c[nH]c3c2C(=O)CCC3)cn1.Cl. The van der Waals surface area contributed by atoms with E-state index in [4.69, 9.17) is 4.74 Å². The quantitative estimate of drug-likeness (QED) is 0.600. The van der Waals surface area contributed by atoms with E-state index < -0.39 is 0 Å². The van der Waals surface area contributed by atoms with Crippen molar-refractivity contribution in [3.05, 3.63) is 41.3 Å². The summed E-state index contributed by atoms with van der Waals surface area (Å²) in [7, 11) is 0. The van der Waals surface area contributed by atoms with E-state index in [9.17, 15) is 9.59 Å². The fraction of sp³-hybridized carbons (Fsp3) is 0.421. The smallest absolute Gasteiger partial charge is 0.257 e. The number of carbonyl (C=O) groups excluding carboxylic acids is 2. The number of hydrogen-bond acceptors (Lipinski definition) is 5. The van der Waals surface area contributed by atoms with Crippen LogP contribution in [-0.4, -0.2) is 41.4 Å². The molecule has 0 aromatic carbocycles. The molecule has 0 saturated carbocycles. The monoisotopic (exact) mass is 392 g/mol. The van der Waals surface area contributed by atoms with Crippen LogP contribution in [0.3, 0.4) is 0 Å². The first-order chi connectivity index (χ1) is 12.7. The third kappa shape index (κ3) is 5.30. The number of aromatic amines is 1. The zero-order valence-electron chi connectivity index (χ0n) is 15.3. The van der Waals surface area contributed by atoms with E-state index in [0.29, 0.717) is 35.7 Å². The highest BCUT2D eigenvalue weighted by Gasteiger charge is 2.25. The number of carbonyl (C=O) groups is 2. The van der Waals surface area contributed by atoms with Crippen molar-refractivity contribution in [2.24, 2.45) is 0 Å². The summed E-state index contributed by atoms with van der Waals surface area (Å²) in [5.41, 5.74) is 2.34. The van der Waals surface area contributed by atoms with Gasteiger partial charge in [-0.3, -0.25) is 9.59 Å². The highest BCUT2D eigenvalue weighted by atomic mass is 35.5. The molecule has 0 spiro atoms. The number of ketones is 1.